The SMILES string of the molecule is CCCN1C(=O)[C@H](CCCCNC(=O)OCc2ccccc2)NC(=O)C12CCN(Cc1ccc(B(O)O)cc1)CC2. The van der Waals surface area contributed by atoms with Crippen LogP contribution in [0.15, 0.2) is 54.6 Å². The Bertz CT molecular complexity index is 1160. The number of nitrogens with zero attached hydrogens (tertiary/aromatic N) is 2. The summed E-state index contributed by atoms with van der Waals surface area (Å²) in [5, 5.41) is 24.4. The normalized spacial score (nSPS) is 18.7. The maximum absolute atomic E-state index is 13.6. The van der Waals surface area contributed by atoms with Crippen molar-refractivity contribution >= 4 is 30.5 Å². The molecule has 4 rings (SSSR count). The molecule has 0 unspecified atom stereocenters. The molecule has 41 heavy (non-hydrogen) atoms. The van der Waals surface area contributed by atoms with E-state index in [4.69, 9.17) is 4.74 Å². The predicted octanol–water partition coefficient (Wildman–Crippen LogP) is 1.53. The Hall–Kier alpha value is -3.41. The van der Waals surface area contributed by atoms with Gasteiger partial charge in [0, 0.05) is 32.7 Å². The number of carbonyl (C=O) groups is 3. The van der Waals surface area contributed by atoms with Gasteiger partial charge in [-0.05, 0) is 55.1 Å². The zero-order chi connectivity index (χ0) is 29.2. The van der Waals surface area contributed by atoms with E-state index in [0.717, 1.165) is 17.5 Å². The van der Waals surface area contributed by atoms with Crippen molar-refractivity contribution < 1.29 is 29.2 Å². The number of amides is 3. The van der Waals surface area contributed by atoms with Gasteiger partial charge in [0.2, 0.25) is 11.8 Å². The Balaban J connectivity index is 1.23. The Morgan fingerprint density at radius 3 is 2.41 bits per heavy atom. The molecule has 0 aromatic heterocycles. The molecule has 2 aromatic rings. The third kappa shape index (κ3) is 7.87. The topological polar surface area (TPSA) is 131 Å². The van der Waals surface area contributed by atoms with Crippen molar-refractivity contribution in [1.29, 1.82) is 0 Å². The van der Waals surface area contributed by atoms with Gasteiger partial charge in [-0.2, -0.15) is 0 Å². The van der Waals surface area contributed by atoms with Gasteiger partial charge in [-0.1, -0.05) is 61.5 Å². The van der Waals surface area contributed by atoms with E-state index < -0.39 is 24.8 Å². The van der Waals surface area contributed by atoms with Crippen molar-refractivity contribution in [2.24, 2.45) is 0 Å². The monoisotopic (exact) mass is 564 g/mol. The molecule has 0 saturated carbocycles. The number of piperidine rings is 1. The minimum absolute atomic E-state index is 0.0201. The quantitative estimate of drug-likeness (QED) is 0.227. The maximum atomic E-state index is 13.6. The van der Waals surface area contributed by atoms with Crippen LogP contribution < -0.4 is 16.1 Å². The van der Waals surface area contributed by atoms with Crippen molar-refractivity contribution in [1.82, 2.24) is 20.4 Å². The van der Waals surface area contributed by atoms with Gasteiger partial charge in [0.15, 0.2) is 0 Å². The number of hydrogen-bond donors (Lipinski definition) is 4. The first kappa shape index (κ1) is 30.6. The van der Waals surface area contributed by atoms with Gasteiger partial charge in [-0.25, -0.2) is 4.79 Å². The van der Waals surface area contributed by atoms with E-state index >= 15 is 0 Å². The Labute approximate surface area is 242 Å². The number of benzene rings is 2. The molecule has 2 aromatic carbocycles. The van der Waals surface area contributed by atoms with Crippen LogP contribution in [-0.2, 0) is 27.5 Å². The van der Waals surface area contributed by atoms with Gasteiger partial charge >= 0.3 is 13.2 Å². The van der Waals surface area contributed by atoms with Gasteiger partial charge < -0.3 is 30.3 Å². The maximum Gasteiger partial charge on any atom is 0.488 e. The Morgan fingerprint density at radius 1 is 1.05 bits per heavy atom. The largest absolute Gasteiger partial charge is 0.488 e. The highest BCUT2D eigenvalue weighted by molar-refractivity contribution is 6.58. The van der Waals surface area contributed by atoms with E-state index in [-0.39, 0.29) is 18.4 Å². The predicted molar refractivity (Wildman–Crippen MR) is 156 cm³/mol. The molecule has 2 aliphatic heterocycles. The lowest BCUT2D eigenvalue weighted by Gasteiger charge is -2.51. The first-order valence-corrected chi connectivity index (χ1v) is 14.6. The van der Waals surface area contributed by atoms with E-state index in [1.54, 1.807) is 12.1 Å². The smallest absolute Gasteiger partial charge is 0.445 e. The molecule has 4 N–H and O–H groups in total. The molecule has 220 valence electrons. The van der Waals surface area contributed by atoms with Crippen LogP contribution in [0.1, 0.15) is 56.6 Å². The number of rotatable bonds is 12. The molecule has 0 aliphatic carbocycles. The molecule has 2 heterocycles. The summed E-state index contributed by atoms with van der Waals surface area (Å²) in [6.07, 6.45) is 3.31. The molecule has 1 spiro atoms. The van der Waals surface area contributed by atoms with E-state index in [9.17, 15) is 24.4 Å². The average Bonchev–Trinajstić information content (AvgIpc) is 2.98. The summed E-state index contributed by atoms with van der Waals surface area (Å²) in [4.78, 5) is 43.1. The third-order valence-corrected chi connectivity index (χ3v) is 8.02. The number of ether oxygens (including phenoxy) is 1. The van der Waals surface area contributed by atoms with Crippen LogP contribution >= 0.6 is 0 Å². The van der Waals surface area contributed by atoms with Crippen molar-refractivity contribution in [3.63, 3.8) is 0 Å². The lowest BCUT2D eigenvalue weighted by molar-refractivity contribution is -0.161. The highest BCUT2D eigenvalue weighted by Crippen LogP contribution is 2.34. The molecule has 10 nitrogen and oxygen atoms in total. The van der Waals surface area contributed by atoms with Crippen molar-refractivity contribution in [2.45, 2.75) is 70.2 Å². The molecular formula is C30H41BN4O6. The fourth-order valence-corrected chi connectivity index (χ4v) is 5.69. The van der Waals surface area contributed by atoms with Gasteiger partial charge in [0.25, 0.3) is 0 Å². The van der Waals surface area contributed by atoms with Crippen LogP contribution in [0.25, 0.3) is 0 Å². The molecule has 3 amide bonds. The number of unbranched alkanes of at least 4 members (excludes halogenated alkanes) is 1. The highest BCUT2D eigenvalue weighted by atomic mass is 16.5. The lowest BCUT2D eigenvalue weighted by atomic mass is 9.80. The summed E-state index contributed by atoms with van der Waals surface area (Å²) in [6.45, 7) is 5.27. The molecule has 1 atom stereocenters. The second-order valence-electron chi connectivity index (χ2n) is 10.9. The standard InChI is InChI=1S/C30H41BN4O6/c1-2-18-35-27(36)26(10-6-7-17-32-29(38)41-22-24-8-4-3-5-9-24)33-28(37)30(35)15-19-34(20-16-30)21-23-11-13-25(14-12-23)31(39)40/h3-5,8-9,11-14,26,39-40H,2,6-7,10,15-22H2,1H3,(H,32,38)(H,33,37)/t26-/m0/s1. The second-order valence-corrected chi connectivity index (χ2v) is 10.9. The minimum atomic E-state index is -1.49. The number of nitrogens with one attached hydrogen (secondary N) is 2. The van der Waals surface area contributed by atoms with E-state index in [2.05, 4.69) is 15.5 Å². The summed E-state index contributed by atoms with van der Waals surface area (Å²) < 4.78 is 5.22. The summed E-state index contributed by atoms with van der Waals surface area (Å²) in [6, 6.07) is 16.1. The molecule has 2 saturated heterocycles. The lowest BCUT2D eigenvalue weighted by Crippen LogP contribution is -2.72. The minimum Gasteiger partial charge on any atom is -0.445 e. The summed E-state index contributed by atoms with van der Waals surface area (Å²) >= 11 is 0. The first-order valence-electron chi connectivity index (χ1n) is 14.6. The molecule has 2 fully saturated rings. The Morgan fingerprint density at radius 2 is 1.76 bits per heavy atom. The summed E-state index contributed by atoms with van der Waals surface area (Å²) in [5.74, 6) is -0.0904. The van der Waals surface area contributed by atoms with Crippen LogP contribution in [0.2, 0.25) is 0 Å². The fraction of sp³-hybridized carbons (Fsp3) is 0.500. The van der Waals surface area contributed by atoms with Gasteiger partial charge in [-0.3, -0.25) is 14.5 Å². The first-order chi connectivity index (χ1) is 19.8. The van der Waals surface area contributed by atoms with Crippen molar-refractivity contribution in [2.75, 3.05) is 26.2 Å². The van der Waals surface area contributed by atoms with Crippen LogP contribution in [0.5, 0.6) is 0 Å². The summed E-state index contributed by atoms with van der Waals surface area (Å²) in [7, 11) is -1.49. The van der Waals surface area contributed by atoms with Gasteiger partial charge in [0.1, 0.15) is 18.2 Å². The molecule has 2 aliphatic rings. The molecule has 0 bridgehead atoms. The van der Waals surface area contributed by atoms with Crippen LogP contribution in [-0.4, -0.2) is 82.6 Å². The zero-order valence-corrected chi connectivity index (χ0v) is 23.8. The van der Waals surface area contributed by atoms with Crippen molar-refractivity contribution in [3.8, 4) is 0 Å². The molecule has 11 heteroatoms. The number of alkyl carbamates (subject to hydrolysis) is 1. The van der Waals surface area contributed by atoms with Crippen LogP contribution in [0.4, 0.5) is 4.79 Å². The zero-order valence-electron chi connectivity index (χ0n) is 23.8. The fourth-order valence-electron chi connectivity index (χ4n) is 5.69. The van der Waals surface area contributed by atoms with Gasteiger partial charge in [0.05, 0.1) is 0 Å². The number of piperazine rings is 1. The third-order valence-electron chi connectivity index (χ3n) is 8.02. The second kappa shape index (κ2) is 14.5. The number of carbonyl (C=O) groups excluding carboxylic acids is 3. The van der Waals surface area contributed by atoms with E-state index in [0.29, 0.717) is 70.3 Å². The summed E-state index contributed by atoms with van der Waals surface area (Å²) in [5.41, 5.74) is 1.60. The molecular weight excluding hydrogens is 523 g/mol. The molecule has 0 radical (unpaired) electrons. The van der Waals surface area contributed by atoms with E-state index in [1.807, 2.05) is 54.3 Å². The van der Waals surface area contributed by atoms with Gasteiger partial charge in [-0.15, -0.1) is 0 Å². The van der Waals surface area contributed by atoms with Crippen LogP contribution in [0.3, 0.4) is 0 Å². The van der Waals surface area contributed by atoms with E-state index in [1.165, 1.54) is 0 Å². The van der Waals surface area contributed by atoms with Crippen molar-refractivity contribution in [3.05, 3.63) is 65.7 Å². The Kier molecular flexibility index (Phi) is 10.8. The number of likely N-dealkylation sites (tertiary alicyclic amines) is 1. The highest BCUT2D eigenvalue weighted by Gasteiger charge is 2.53. The van der Waals surface area contributed by atoms with Crippen LogP contribution in [0, 0.1) is 0 Å². The number of hydrogen-bond acceptors (Lipinski definition) is 7. The average molecular weight is 564 g/mol.